The zero-order chi connectivity index (χ0) is 15.5. The average molecular weight is 306 g/mol. The van der Waals surface area contributed by atoms with Crippen LogP contribution in [0.2, 0.25) is 0 Å². The van der Waals surface area contributed by atoms with Crippen LogP contribution in [0.3, 0.4) is 0 Å². The molecule has 1 aliphatic carbocycles. The third kappa shape index (κ3) is 3.46. The van der Waals surface area contributed by atoms with Crippen LogP contribution in [0.4, 0.5) is 0 Å². The number of aliphatic hydroxyl groups is 1. The molecular weight excluding hydrogens is 284 g/mol. The number of rotatable bonds is 4. The Bertz CT molecular complexity index is 564. The molecular formula is C16H22N2O2S. The van der Waals surface area contributed by atoms with Gasteiger partial charge in [0.1, 0.15) is 6.61 Å². The average Bonchev–Trinajstić information content (AvgIpc) is 2.87. The van der Waals surface area contributed by atoms with Gasteiger partial charge in [0.05, 0.1) is 9.75 Å². The van der Waals surface area contributed by atoms with Crippen LogP contribution in [0.5, 0.6) is 0 Å². The highest BCUT2D eigenvalue weighted by Gasteiger charge is 2.40. The lowest BCUT2D eigenvalue weighted by Gasteiger charge is -2.49. The Morgan fingerprint density at radius 2 is 2.10 bits per heavy atom. The summed E-state index contributed by atoms with van der Waals surface area (Å²) in [5, 5.41) is 8.70. The maximum Gasteiger partial charge on any atom is 0.263 e. The molecule has 114 valence electrons. The second kappa shape index (κ2) is 6.61. The standard InChI is InChI=1S/C16H22N2O2S/c1-17(2)16(9-5-10-16)12-18(3)15(20)14-8-7-13(21-14)6-4-11-19/h7-8,19H,5,9-12H2,1-3H3. The second-order valence-corrected chi connectivity index (χ2v) is 6.84. The van der Waals surface area contributed by atoms with Gasteiger partial charge in [0, 0.05) is 19.1 Å². The van der Waals surface area contributed by atoms with Gasteiger partial charge in [0.15, 0.2) is 0 Å². The summed E-state index contributed by atoms with van der Waals surface area (Å²) < 4.78 is 0. The summed E-state index contributed by atoms with van der Waals surface area (Å²) in [5.74, 6) is 5.49. The quantitative estimate of drug-likeness (QED) is 0.860. The summed E-state index contributed by atoms with van der Waals surface area (Å²) >= 11 is 1.38. The summed E-state index contributed by atoms with van der Waals surface area (Å²) in [6, 6.07) is 3.65. The molecule has 1 saturated carbocycles. The zero-order valence-corrected chi connectivity index (χ0v) is 13.7. The normalized spacial score (nSPS) is 16.0. The Kier molecular flexibility index (Phi) is 5.04. The summed E-state index contributed by atoms with van der Waals surface area (Å²) in [7, 11) is 6.04. The van der Waals surface area contributed by atoms with Crippen LogP contribution in [0.1, 0.15) is 33.8 Å². The fourth-order valence-corrected chi connectivity index (χ4v) is 3.56. The topological polar surface area (TPSA) is 43.8 Å². The highest BCUT2D eigenvalue weighted by molar-refractivity contribution is 7.14. The van der Waals surface area contributed by atoms with Crippen molar-refractivity contribution in [1.29, 1.82) is 0 Å². The number of hydrogen-bond donors (Lipinski definition) is 1. The minimum atomic E-state index is -0.160. The molecule has 21 heavy (non-hydrogen) atoms. The smallest absolute Gasteiger partial charge is 0.263 e. The molecule has 0 atom stereocenters. The van der Waals surface area contributed by atoms with E-state index >= 15 is 0 Å². The number of thiophene rings is 1. The first-order valence-corrected chi connectivity index (χ1v) is 7.93. The van der Waals surface area contributed by atoms with Gasteiger partial charge in [-0.2, -0.15) is 0 Å². The lowest BCUT2D eigenvalue weighted by Crippen LogP contribution is -2.57. The van der Waals surface area contributed by atoms with Crippen molar-refractivity contribution in [3.63, 3.8) is 0 Å². The number of hydrogen-bond acceptors (Lipinski definition) is 4. The van der Waals surface area contributed by atoms with Gasteiger partial charge in [-0.15, -0.1) is 11.3 Å². The summed E-state index contributed by atoms with van der Waals surface area (Å²) in [5.41, 5.74) is 0.140. The Morgan fingerprint density at radius 3 is 2.62 bits per heavy atom. The van der Waals surface area contributed by atoms with E-state index in [1.807, 2.05) is 24.1 Å². The molecule has 1 fully saturated rings. The molecule has 1 heterocycles. The molecule has 2 rings (SSSR count). The van der Waals surface area contributed by atoms with Gasteiger partial charge in [-0.25, -0.2) is 0 Å². The molecule has 0 aromatic carbocycles. The van der Waals surface area contributed by atoms with Crippen molar-refractivity contribution < 1.29 is 9.90 Å². The van der Waals surface area contributed by atoms with Crippen molar-refractivity contribution in [1.82, 2.24) is 9.80 Å². The van der Waals surface area contributed by atoms with Crippen molar-refractivity contribution in [2.75, 3.05) is 34.3 Å². The SMILES string of the molecule is CN(CC1(N(C)C)CCC1)C(=O)c1ccc(C#CCO)s1. The minimum Gasteiger partial charge on any atom is -0.384 e. The Labute approximate surface area is 130 Å². The molecule has 0 aliphatic heterocycles. The molecule has 0 bridgehead atoms. The number of amides is 1. The van der Waals surface area contributed by atoms with E-state index < -0.39 is 0 Å². The van der Waals surface area contributed by atoms with Gasteiger partial charge in [-0.3, -0.25) is 4.79 Å². The molecule has 0 radical (unpaired) electrons. The maximum atomic E-state index is 12.5. The minimum absolute atomic E-state index is 0.0465. The Balaban J connectivity index is 2.04. The lowest BCUT2D eigenvalue weighted by molar-refractivity contribution is 0.0254. The molecule has 4 nitrogen and oxygen atoms in total. The number of nitrogens with zero attached hydrogens (tertiary/aromatic N) is 2. The third-order valence-corrected chi connectivity index (χ3v) is 5.21. The first-order chi connectivity index (χ1) is 9.98. The highest BCUT2D eigenvalue weighted by atomic mass is 32.1. The number of carbonyl (C=O) groups is 1. The highest BCUT2D eigenvalue weighted by Crippen LogP contribution is 2.37. The molecule has 1 amide bonds. The van der Waals surface area contributed by atoms with E-state index in [9.17, 15) is 4.79 Å². The Morgan fingerprint density at radius 1 is 1.38 bits per heavy atom. The molecule has 1 aromatic heterocycles. The number of aliphatic hydroxyl groups excluding tert-OH is 1. The third-order valence-electron chi connectivity index (χ3n) is 4.22. The van der Waals surface area contributed by atoms with Gasteiger partial charge < -0.3 is 14.9 Å². The van der Waals surface area contributed by atoms with E-state index in [2.05, 4.69) is 30.8 Å². The van der Waals surface area contributed by atoms with E-state index in [0.717, 1.165) is 24.3 Å². The summed E-state index contributed by atoms with van der Waals surface area (Å²) in [6.07, 6.45) is 3.53. The summed E-state index contributed by atoms with van der Waals surface area (Å²) in [4.78, 5) is 18.1. The fraction of sp³-hybridized carbons (Fsp3) is 0.562. The van der Waals surface area contributed by atoms with Gasteiger partial charge in [-0.05, 0) is 45.5 Å². The molecule has 1 aromatic rings. The fourth-order valence-electron chi connectivity index (χ4n) is 2.68. The monoisotopic (exact) mass is 306 g/mol. The van der Waals surface area contributed by atoms with E-state index in [4.69, 9.17) is 5.11 Å². The van der Waals surface area contributed by atoms with Crippen LogP contribution >= 0.6 is 11.3 Å². The second-order valence-electron chi connectivity index (χ2n) is 5.76. The van der Waals surface area contributed by atoms with Crippen LogP contribution in [-0.2, 0) is 0 Å². The molecule has 0 unspecified atom stereocenters. The zero-order valence-electron chi connectivity index (χ0n) is 12.8. The van der Waals surface area contributed by atoms with E-state index in [1.165, 1.54) is 17.8 Å². The van der Waals surface area contributed by atoms with Crippen molar-refractivity contribution in [2.45, 2.75) is 24.8 Å². The van der Waals surface area contributed by atoms with Gasteiger partial charge in [-0.1, -0.05) is 11.8 Å². The number of carbonyl (C=O) groups excluding carboxylic acids is 1. The van der Waals surface area contributed by atoms with E-state index in [1.54, 1.807) is 0 Å². The first kappa shape index (κ1) is 16.0. The summed E-state index contributed by atoms with van der Waals surface area (Å²) in [6.45, 7) is 0.598. The molecule has 5 heteroatoms. The molecule has 1 aliphatic rings. The van der Waals surface area contributed by atoms with Crippen LogP contribution in [-0.4, -0.2) is 60.6 Å². The van der Waals surface area contributed by atoms with Crippen LogP contribution < -0.4 is 0 Å². The van der Waals surface area contributed by atoms with Crippen molar-refractivity contribution in [3.8, 4) is 11.8 Å². The van der Waals surface area contributed by atoms with Crippen LogP contribution in [0, 0.1) is 11.8 Å². The van der Waals surface area contributed by atoms with Gasteiger partial charge in [0.2, 0.25) is 0 Å². The molecule has 1 N–H and O–H groups in total. The van der Waals surface area contributed by atoms with Crippen molar-refractivity contribution in [3.05, 3.63) is 21.9 Å². The van der Waals surface area contributed by atoms with Crippen molar-refractivity contribution >= 4 is 17.2 Å². The maximum absolute atomic E-state index is 12.5. The van der Waals surface area contributed by atoms with E-state index in [-0.39, 0.29) is 18.1 Å². The predicted octanol–water partition coefficient (Wildman–Crippen LogP) is 1.65. The largest absolute Gasteiger partial charge is 0.384 e. The van der Waals surface area contributed by atoms with Crippen LogP contribution in [0.15, 0.2) is 12.1 Å². The first-order valence-electron chi connectivity index (χ1n) is 7.11. The van der Waals surface area contributed by atoms with E-state index in [0.29, 0.717) is 4.88 Å². The van der Waals surface area contributed by atoms with Crippen molar-refractivity contribution in [2.24, 2.45) is 0 Å². The molecule has 0 spiro atoms. The lowest BCUT2D eigenvalue weighted by atomic mass is 9.75. The van der Waals surface area contributed by atoms with Gasteiger partial charge >= 0.3 is 0 Å². The van der Waals surface area contributed by atoms with Gasteiger partial charge in [0.25, 0.3) is 5.91 Å². The van der Waals surface area contributed by atoms with Crippen LogP contribution in [0.25, 0.3) is 0 Å². The Hall–Kier alpha value is -1.35. The number of likely N-dealkylation sites (N-methyl/N-ethyl adjacent to an activating group) is 2. The predicted molar refractivity (Wildman–Crippen MR) is 85.5 cm³/mol. The molecule has 0 saturated heterocycles.